The second-order valence-corrected chi connectivity index (χ2v) is 2.59. The molecule has 2 atom stereocenters. The van der Waals surface area contributed by atoms with Crippen LogP contribution in [0.4, 0.5) is 0 Å². The average molecular weight is 126 g/mol. The summed E-state index contributed by atoms with van der Waals surface area (Å²) >= 11 is 0. The van der Waals surface area contributed by atoms with E-state index in [-0.39, 0.29) is 12.2 Å². The van der Waals surface area contributed by atoms with Crippen LogP contribution in [0.3, 0.4) is 0 Å². The van der Waals surface area contributed by atoms with E-state index in [1.165, 1.54) is 6.42 Å². The van der Waals surface area contributed by atoms with Crippen molar-refractivity contribution in [2.24, 2.45) is 0 Å². The van der Waals surface area contributed by atoms with E-state index >= 15 is 0 Å². The Morgan fingerprint density at radius 3 is 2.00 bits per heavy atom. The van der Waals surface area contributed by atoms with Gasteiger partial charge in [0, 0.05) is 0 Å². The molecule has 2 heteroatoms. The summed E-state index contributed by atoms with van der Waals surface area (Å²) < 4.78 is 0. The van der Waals surface area contributed by atoms with Gasteiger partial charge in [-0.15, -0.1) is 0 Å². The van der Waals surface area contributed by atoms with E-state index < -0.39 is 0 Å². The lowest BCUT2D eigenvalue weighted by molar-refractivity contribution is -0.332. The van der Waals surface area contributed by atoms with Crippen LogP contribution in [0.25, 0.3) is 0 Å². The topological polar surface area (TPSA) is 18.5 Å². The fourth-order valence-electron chi connectivity index (χ4n) is 1.26. The van der Waals surface area contributed by atoms with Gasteiger partial charge in [-0.1, -0.05) is 12.2 Å². The Labute approximate surface area is 54.4 Å². The molecule has 1 fully saturated rings. The van der Waals surface area contributed by atoms with Crippen LogP contribution in [0.2, 0.25) is 0 Å². The van der Waals surface area contributed by atoms with Crippen LogP contribution in [-0.2, 0) is 9.78 Å². The molecule has 2 aliphatic heterocycles. The first-order valence-electron chi connectivity index (χ1n) is 3.45. The minimum atomic E-state index is 0.240. The van der Waals surface area contributed by atoms with Gasteiger partial charge in [0.25, 0.3) is 0 Å². The van der Waals surface area contributed by atoms with Gasteiger partial charge in [-0.25, -0.2) is 9.78 Å². The Kier molecular flexibility index (Phi) is 1.28. The summed E-state index contributed by atoms with van der Waals surface area (Å²) in [6, 6.07) is 0. The van der Waals surface area contributed by atoms with Crippen LogP contribution in [-0.4, -0.2) is 12.2 Å². The molecule has 1 saturated heterocycles. The Morgan fingerprint density at radius 2 is 1.56 bits per heavy atom. The van der Waals surface area contributed by atoms with E-state index in [2.05, 4.69) is 12.2 Å². The SMILES string of the molecule is C1=CC2CCCC1OO2. The Morgan fingerprint density at radius 1 is 1.00 bits per heavy atom. The molecule has 0 N–H and O–H groups in total. The molecule has 0 aromatic heterocycles. The highest BCUT2D eigenvalue weighted by molar-refractivity contribution is 4.99. The van der Waals surface area contributed by atoms with E-state index in [9.17, 15) is 0 Å². The Balaban J connectivity index is 2.15. The molecule has 0 radical (unpaired) electrons. The third-order valence-corrected chi connectivity index (χ3v) is 1.82. The zero-order valence-corrected chi connectivity index (χ0v) is 5.25. The summed E-state index contributed by atoms with van der Waals surface area (Å²) in [6.45, 7) is 0. The summed E-state index contributed by atoms with van der Waals surface area (Å²) in [5.74, 6) is 0. The van der Waals surface area contributed by atoms with Gasteiger partial charge in [-0.2, -0.15) is 0 Å². The second-order valence-electron chi connectivity index (χ2n) is 2.59. The molecule has 9 heavy (non-hydrogen) atoms. The monoisotopic (exact) mass is 126 g/mol. The van der Waals surface area contributed by atoms with Gasteiger partial charge in [-0.3, -0.25) is 0 Å². The van der Waals surface area contributed by atoms with E-state index in [1.54, 1.807) is 0 Å². The predicted molar refractivity (Wildman–Crippen MR) is 32.7 cm³/mol. The molecule has 0 aromatic carbocycles. The molecule has 2 bridgehead atoms. The molecule has 3 rings (SSSR count). The van der Waals surface area contributed by atoms with Crippen LogP contribution < -0.4 is 0 Å². The molecule has 3 aliphatic rings. The van der Waals surface area contributed by atoms with E-state index in [0.717, 1.165) is 12.8 Å². The van der Waals surface area contributed by atoms with Crippen molar-refractivity contribution < 1.29 is 9.78 Å². The highest BCUT2D eigenvalue weighted by Crippen LogP contribution is 2.22. The lowest BCUT2D eigenvalue weighted by Crippen LogP contribution is -2.17. The molecule has 2 unspecified atom stereocenters. The summed E-state index contributed by atoms with van der Waals surface area (Å²) in [5.41, 5.74) is 0. The number of hydrogen-bond donors (Lipinski definition) is 0. The zero-order valence-electron chi connectivity index (χ0n) is 5.25. The maximum absolute atomic E-state index is 5.02. The smallest absolute Gasteiger partial charge is 0.111 e. The van der Waals surface area contributed by atoms with Crippen LogP contribution in [0.1, 0.15) is 19.3 Å². The maximum atomic E-state index is 5.02. The molecule has 1 aliphatic carbocycles. The van der Waals surface area contributed by atoms with Crippen molar-refractivity contribution >= 4 is 0 Å². The second kappa shape index (κ2) is 2.12. The number of fused-ring (bicyclic) bond motifs is 3. The van der Waals surface area contributed by atoms with Crippen molar-refractivity contribution in [1.82, 2.24) is 0 Å². The third kappa shape index (κ3) is 1.00. The minimum absolute atomic E-state index is 0.240. The van der Waals surface area contributed by atoms with Gasteiger partial charge >= 0.3 is 0 Å². The first kappa shape index (κ1) is 5.45. The van der Waals surface area contributed by atoms with Crippen molar-refractivity contribution in [1.29, 1.82) is 0 Å². The van der Waals surface area contributed by atoms with Crippen LogP contribution in [0.15, 0.2) is 12.2 Å². The molecule has 0 spiro atoms. The fourth-order valence-corrected chi connectivity index (χ4v) is 1.26. The molecule has 0 saturated carbocycles. The zero-order chi connectivity index (χ0) is 6.10. The molecular formula is C7H10O2. The van der Waals surface area contributed by atoms with Crippen molar-refractivity contribution in [3.63, 3.8) is 0 Å². The normalized spacial score (nSPS) is 40.9. The molecule has 2 nitrogen and oxygen atoms in total. The van der Waals surface area contributed by atoms with Crippen molar-refractivity contribution in [3.05, 3.63) is 12.2 Å². The van der Waals surface area contributed by atoms with Crippen LogP contribution in [0.5, 0.6) is 0 Å². The van der Waals surface area contributed by atoms with Crippen LogP contribution >= 0.6 is 0 Å². The van der Waals surface area contributed by atoms with Crippen molar-refractivity contribution in [3.8, 4) is 0 Å². The average Bonchev–Trinajstić information content (AvgIpc) is 2.21. The third-order valence-electron chi connectivity index (χ3n) is 1.82. The van der Waals surface area contributed by atoms with E-state index in [1.807, 2.05) is 0 Å². The number of hydrogen-bond acceptors (Lipinski definition) is 2. The largest absolute Gasteiger partial charge is 0.229 e. The molecule has 50 valence electrons. The van der Waals surface area contributed by atoms with Crippen LogP contribution in [0, 0.1) is 0 Å². The first-order valence-corrected chi connectivity index (χ1v) is 3.45. The molecule has 0 amide bonds. The predicted octanol–water partition coefficient (Wildman–Crippen LogP) is 1.43. The molecular weight excluding hydrogens is 116 g/mol. The van der Waals surface area contributed by atoms with E-state index in [4.69, 9.17) is 9.78 Å². The standard InChI is InChI=1S/C7H10O2/c1-2-6-4-5-7(3-1)9-8-6/h4-7H,1-3H2. The molecule has 2 heterocycles. The van der Waals surface area contributed by atoms with Gasteiger partial charge in [0.15, 0.2) is 0 Å². The molecule has 0 aromatic rings. The fraction of sp³-hybridized carbons (Fsp3) is 0.714. The van der Waals surface area contributed by atoms with Crippen molar-refractivity contribution in [2.75, 3.05) is 0 Å². The summed E-state index contributed by atoms with van der Waals surface area (Å²) in [5, 5.41) is 0. The summed E-state index contributed by atoms with van der Waals surface area (Å²) in [4.78, 5) is 10.0. The Bertz CT molecular complexity index is 113. The lowest BCUT2D eigenvalue weighted by Gasteiger charge is -2.15. The van der Waals surface area contributed by atoms with Gasteiger partial charge in [0.1, 0.15) is 12.2 Å². The van der Waals surface area contributed by atoms with Gasteiger partial charge in [0.05, 0.1) is 0 Å². The summed E-state index contributed by atoms with van der Waals surface area (Å²) in [6.07, 6.45) is 8.14. The highest BCUT2D eigenvalue weighted by Gasteiger charge is 2.21. The summed E-state index contributed by atoms with van der Waals surface area (Å²) in [7, 11) is 0. The highest BCUT2D eigenvalue weighted by atomic mass is 17.2. The lowest BCUT2D eigenvalue weighted by atomic mass is 10.2. The van der Waals surface area contributed by atoms with Gasteiger partial charge in [-0.05, 0) is 19.3 Å². The van der Waals surface area contributed by atoms with E-state index in [0.29, 0.717) is 0 Å². The maximum Gasteiger partial charge on any atom is 0.111 e. The van der Waals surface area contributed by atoms with Crippen molar-refractivity contribution in [2.45, 2.75) is 31.5 Å². The van der Waals surface area contributed by atoms with Gasteiger partial charge in [0.2, 0.25) is 0 Å². The van der Waals surface area contributed by atoms with Gasteiger partial charge < -0.3 is 0 Å². The number of rotatable bonds is 0. The minimum Gasteiger partial charge on any atom is -0.229 e. The first-order chi connectivity index (χ1) is 4.45. The quantitative estimate of drug-likeness (QED) is 0.361. The Hall–Kier alpha value is -0.340.